The summed E-state index contributed by atoms with van der Waals surface area (Å²) in [6.45, 7) is 2.30. The lowest BCUT2D eigenvalue weighted by Crippen LogP contribution is -2.24. The molecule has 0 saturated carbocycles. The Labute approximate surface area is 254 Å². The van der Waals surface area contributed by atoms with Crippen molar-refractivity contribution in [2.45, 2.75) is 25.6 Å². The lowest BCUT2D eigenvalue weighted by atomic mass is 9.87. The van der Waals surface area contributed by atoms with Gasteiger partial charge in [0.1, 0.15) is 18.2 Å². The van der Waals surface area contributed by atoms with Gasteiger partial charge in [-0.15, -0.1) is 10.2 Å². The molecule has 5 aromatic rings. The fourth-order valence-corrected chi connectivity index (χ4v) is 4.66. The quantitative estimate of drug-likeness (QED) is 0.179. The standard InChI is InChI=1S/C31H26F4N6O4/c1-3-44-26-14-21(15-37-30(26)45-16-17-4-7-23(43-2)8-5-17)18-6-9-24(25(32)13-18)27(28(36)42)19-10-20(29-38-40-41-39-29)12-22(11-19)31(33,34)35/h4-15,27H,3,16H2,1-2H3,(H2,36,42)(H,38,39,40,41). The molecule has 3 aromatic carbocycles. The first-order valence-corrected chi connectivity index (χ1v) is 13.5. The van der Waals surface area contributed by atoms with Crippen molar-refractivity contribution in [3.8, 4) is 39.9 Å². The van der Waals surface area contributed by atoms with Crippen molar-refractivity contribution in [1.29, 1.82) is 0 Å². The number of methoxy groups -OCH3 is 1. The van der Waals surface area contributed by atoms with Gasteiger partial charge in [0, 0.05) is 22.9 Å². The molecule has 2 heterocycles. The second-order valence-corrected chi connectivity index (χ2v) is 9.75. The predicted octanol–water partition coefficient (Wildman–Crippen LogP) is 5.69. The first-order valence-electron chi connectivity index (χ1n) is 13.5. The van der Waals surface area contributed by atoms with Gasteiger partial charge in [-0.3, -0.25) is 4.79 Å². The molecule has 0 aliphatic carbocycles. The highest BCUT2D eigenvalue weighted by atomic mass is 19.4. The first-order chi connectivity index (χ1) is 21.6. The number of rotatable bonds is 11. The Morgan fingerprint density at radius 2 is 1.76 bits per heavy atom. The maximum Gasteiger partial charge on any atom is 0.416 e. The Morgan fingerprint density at radius 1 is 0.978 bits per heavy atom. The number of halogens is 4. The number of nitrogens with one attached hydrogen (secondary N) is 1. The number of alkyl halides is 3. The van der Waals surface area contributed by atoms with Crippen molar-refractivity contribution in [2.75, 3.05) is 13.7 Å². The molecule has 14 heteroatoms. The van der Waals surface area contributed by atoms with E-state index >= 15 is 4.39 Å². The van der Waals surface area contributed by atoms with Crippen LogP contribution in [0.5, 0.6) is 17.4 Å². The molecule has 10 nitrogen and oxygen atoms in total. The second-order valence-electron chi connectivity index (χ2n) is 9.75. The zero-order valence-electron chi connectivity index (χ0n) is 23.9. The summed E-state index contributed by atoms with van der Waals surface area (Å²) in [6, 6.07) is 15.7. The summed E-state index contributed by atoms with van der Waals surface area (Å²) in [5.74, 6) is -2.37. The van der Waals surface area contributed by atoms with Gasteiger partial charge < -0.3 is 19.9 Å². The van der Waals surface area contributed by atoms with Crippen LogP contribution >= 0.6 is 0 Å². The van der Waals surface area contributed by atoms with Gasteiger partial charge in [-0.25, -0.2) is 9.37 Å². The molecule has 2 aromatic heterocycles. The number of tetrazole rings is 1. The molecular formula is C31H26F4N6O4. The van der Waals surface area contributed by atoms with E-state index in [-0.39, 0.29) is 35.0 Å². The van der Waals surface area contributed by atoms with E-state index in [4.69, 9.17) is 19.9 Å². The molecule has 0 spiro atoms. The average molecular weight is 623 g/mol. The predicted molar refractivity (Wildman–Crippen MR) is 154 cm³/mol. The molecule has 5 rings (SSSR count). The van der Waals surface area contributed by atoms with Crippen LogP contribution in [0.4, 0.5) is 17.6 Å². The number of hydrogen-bond acceptors (Lipinski definition) is 8. The number of H-pyrrole nitrogens is 1. The molecule has 0 fully saturated rings. The van der Waals surface area contributed by atoms with Crippen molar-refractivity contribution in [1.82, 2.24) is 25.6 Å². The molecule has 0 aliphatic rings. The van der Waals surface area contributed by atoms with Crippen LogP contribution in [-0.4, -0.2) is 45.2 Å². The van der Waals surface area contributed by atoms with Crippen molar-refractivity contribution in [2.24, 2.45) is 5.73 Å². The Balaban J connectivity index is 1.46. The molecule has 45 heavy (non-hydrogen) atoms. The number of aromatic amines is 1. The topological polar surface area (TPSA) is 138 Å². The molecule has 1 atom stereocenters. The second kappa shape index (κ2) is 13.0. The van der Waals surface area contributed by atoms with Gasteiger partial charge >= 0.3 is 6.18 Å². The van der Waals surface area contributed by atoms with Crippen molar-refractivity contribution >= 4 is 5.91 Å². The Kier molecular flexibility index (Phi) is 8.93. The Hall–Kier alpha value is -5.53. The van der Waals surface area contributed by atoms with Gasteiger partial charge in [-0.1, -0.05) is 24.3 Å². The number of nitrogens with two attached hydrogens (primary N) is 1. The fraction of sp³-hybridized carbons (Fsp3) is 0.194. The summed E-state index contributed by atoms with van der Waals surface area (Å²) >= 11 is 0. The van der Waals surface area contributed by atoms with Crippen LogP contribution in [0.3, 0.4) is 0 Å². The zero-order chi connectivity index (χ0) is 32.1. The minimum atomic E-state index is -4.78. The van der Waals surface area contributed by atoms with Crippen LogP contribution in [0.15, 0.2) is 72.9 Å². The molecule has 3 N–H and O–H groups in total. The molecule has 0 aliphatic heterocycles. The van der Waals surface area contributed by atoms with Crippen LogP contribution < -0.4 is 19.9 Å². The van der Waals surface area contributed by atoms with Gasteiger partial charge in [-0.2, -0.15) is 18.4 Å². The van der Waals surface area contributed by atoms with Crippen molar-refractivity contribution < 1.29 is 36.6 Å². The minimum Gasteiger partial charge on any atom is -0.497 e. The largest absolute Gasteiger partial charge is 0.497 e. The summed E-state index contributed by atoms with van der Waals surface area (Å²) in [4.78, 5) is 17.0. The van der Waals surface area contributed by atoms with E-state index in [1.165, 1.54) is 24.4 Å². The van der Waals surface area contributed by atoms with Crippen molar-refractivity contribution in [3.63, 3.8) is 0 Å². The van der Waals surface area contributed by atoms with E-state index < -0.39 is 29.4 Å². The zero-order valence-corrected chi connectivity index (χ0v) is 23.9. The van der Waals surface area contributed by atoms with Crippen LogP contribution in [0.2, 0.25) is 0 Å². The number of ether oxygens (including phenoxy) is 3. The van der Waals surface area contributed by atoms with E-state index in [0.717, 1.165) is 23.8 Å². The maximum atomic E-state index is 15.7. The third kappa shape index (κ3) is 7.00. The lowest BCUT2D eigenvalue weighted by Gasteiger charge is -2.19. The molecule has 232 valence electrons. The Bertz CT molecular complexity index is 1800. The van der Waals surface area contributed by atoms with E-state index in [1.54, 1.807) is 32.2 Å². The van der Waals surface area contributed by atoms with Gasteiger partial charge in [-0.05, 0) is 71.3 Å². The third-order valence-corrected chi connectivity index (χ3v) is 6.80. The summed E-state index contributed by atoms with van der Waals surface area (Å²) < 4.78 is 73.7. The highest BCUT2D eigenvalue weighted by Crippen LogP contribution is 2.38. The number of hydrogen-bond donors (Lipinski definition) is 2. The number of amides is 1. The SMILES string of the molecule is CCOc1cc(-c2ccc(C(C(N)=O)c3cc(-c4nn[nH]n4)cc(C(F)(F)F)c3)c(F)c2)cnc1OCc1ccc(OC)cc1. The van der Waals surface area contributed by atoms with Gasteiger partial charge in [0.2, 0.25) is 11.7 Å². The van der Waals surface area contributed by atoms with E-state index in [9.17, 15) is 18.0 Å². The highest BCUT2D eigenvalue weighted by Gasteiger charge is 2.34. The van der Waals surface area contributed by atoms with E-state index in [1.807, 2.05) is 12.1 Å². The smallest absolute Gasteiger partial charge is 0.416 e. The van der Waals surface area contributed by atoms with Crippen LogP contribution in [0.25, 0.3) is 22.5 Å². The molecule has 0 saturated heterocycles. The highest BCUT2D eigenvalue weighted by molar-refractivity contribution is 5.86. The lowest BCUT2D eigenvalue weighted by molar-refractivity contribution is -0.137. The van der Waals surface area contributed by atoms with E-state index in [0.29, 0.717) is 29.2 Å². The summed E-state index contributed by atoms with van der Waals surface area (Å²) in [5, 5.41) is 13.0. The number of carbonyl (C=O) groups is 1. The Morgan fingerprint density at radius 3 is 2.38 bits per heavy atom. The number of pyridine rings is 1. The van der Waals surface area contributed by atoms with Gasteiger partial charge in [0.05, 0.1) is 25.2 Å². The number of primary amides is 1. The van der Waals surface area contributed by atoms with Gasteiger partial charge in [0.25, 0.3) is 5.88 Å². The normalized spacial score (nSPS) is 12.0. The number of carbonyl (C=O) groups excluding carboxylic acids is 1. The van der Waals surface area contributed by atoms with E-state index in [2.05, 4.69) is 25.6 Å². The molecule has 0 radical (unpaired) electrons. The molecule has 1 amide bonds. The fourth-order valence-electron chi connectivity index (χ4n) is 4.66. The summed E-state index contributed by atoms with van der Waals surface area (Å²) in [5.41, 5.74) is 5.74. The monoisotopic (exact) mass is 622 g/mol. The van der Waals surface area contributed by atoms with Crippen LogP contribution in [0, 0.1) is 5.82 Å². The van der Waals surface area contributed by atoms with Crippen LogP contribution in [0.1, 0.15) is 35.1 Å². The number of nitrogens with zero attached hydrogens (tertiary/aromatic N) is 4. The van der Waals surface area contributed by atoms with Gasteiger partial charge in [0.15, 0.2) is 5.75 Å². The molecule has 0 bridgehead atoms. The summed E-state index contributed by atoms with van der Waals surface area (Å²) in [6.07, 6.45) is -3.31. The average Bonchev–Trinajstić information content (AvgIpc) is 3.56. The van der Waals surface area contributed by atoms with Crippen LogP contribution in [-0.2, 0) is 17.6 Å². The molecule has 1 unspecified atom stereocenters. The number of aromatic nitrogens is 5. The number of benzene rings is 3. The molecular weight excluding hydrogens is 596 g/mol. The third-order valence-electron chi connectivity index (χ3n) is 6.80. The maximum absolute atomic E-state index is 15.7. The summed E-state index contributed by atoms with van der Waals surface area (Å²) in [7, 11) is 1.58. The van der Waals surface area contributed by atoms with Crippen molar-refractivity contribution in [3.05, 3.63) is 101 Å². The first kappa shape index (κ1) is 30.9. The minimum absolute atomic E-state index is 0.0827.